The number of amides is 2. The lowest BCUT2D eigenvalue weighted by Crippen LogP contribution is -2.47. The van der Waals surface area contributed by atoms with Gasteiger partial charge in [0.1, 0.15) is 12.4 Å². The Morgan fingerprint density at radius 2 is 1.75 bits per heavy atom. The van der Waals surface area contributed by atoms with Gasteiger partial charge in [0.2, 0.25) is 11.8 Å². The minimum Gasteiger partial charge on any atom is -0.385 e. The van der Waals surface area contributed by atoms with E-state index in [9.17, 15) is 14.0 Å². The van der Waals surface area contributed by atoms with Crippen molar-refractivity contribution < 1.29 is 18.7 Å². The fourth-order valence-corrected chi connectivity index (χ4v) is 5.28. The fraction of sp³-hybridized carbons (Fsp3) is 0.394. The summed E-state index contributed by atoms with van der Waals surface area (Å²) < 4.78 is 20.7. The molecule has 1 aliphatic rings. The lowest BCUT2D eigenvalue weighted by molar-refractivity contribution is -0.141. The van der Waals surface area contributed by atoms with Crippen molar-refractivity contribution in [1.82, 2.24) is 14.4 Å². The zero-order valence-electron chi connectivity index (χ0n) is 23.4. The van der Waals surface area contributed by atoms with E-state index in [0.717, 1.165) is 42.5 Å². The first kappa shape index (κ1) is 29.3. The summed E-state index contributed by atoms with van der Waals surface area (Å²) in [6, 6.07) is 20.4. The van der Waals surface area contributed by atoms with Gasteiger partial charge in [-0.3, -0.25) is 9.59 Å². The van der Waals surface area contributed by atoms with E-state index in [4.69, 9.17) is 4.74 Å². The number of rotatable bonds is 13. The molecule has 0 unspecified atom stereocenters. The highest BCUT2D eigenvalue weighted by Gasteiger charge is 2.28. The molecule has 1 heterocycles. The standard InChI is InChI=1S/C33H40FN3O3/c1-40-23-9-22-36(32(38)20-17-27-10-4-2-5-11-27)26-33(39)37(30-12-6-3-7-13-30)25-31-14-8-21-35(31)24-28-15-18-29(34)19-16-28/h2,4-5,8,10-11,14-21,30H,3,6-7,9,12-13,22-26H2,1H3. The molecule has 0 aliphatic heterocycles. The van der Waals surface area contributed by atoms with Gasteiger partial charge in [0, 0.05) is 50.8 Å². The maximum Gasteiger partial charge on any atom is 0.247 e. The van der Waals surface area contributed by atoms with E-state index in [1.165, 1.54) is 18.6 Å². The molecule has 1 aliphatic carbocycles. The number of benzene rings is 2. The van der Waals surface area contributed by atoms with Crippen LogP contribution in [0.25, 0.3) is 6.08 Å². The van der Waals surface area contributed by atoms with E-state index in [0.29, 0.717) is 32.7 Å². The van der Waals surface area contributed by atoms with Crippen LogP contribution in [0.5, 0.6) is 0 Å². The third-order valence-electron chi connectivity index (χ3n) is 7.49. The largest absolute Gasteiger partial charge is 0.385 e. The summed E-state index contributed by atoms with van der Waals surface area (Å²) >= 11 is 0. The molecular formula is C33H40FN3O3. The molecule has 212 valence electrons. The van der Waals surface area contributed by atoms with Crippen LogP contribution in [0.4, 0.5) is 4.39 Å². The molecule has 1 fully saturated rings. The van der Waals surface area contributed by atoms with E-state index in [1.54, 1.807) is 36.3 Å². The minimum atomic E-state index is -0.256. The summed E-state index contributed by atoms with van der Waals surface area (Å²) in [5, 5.41) is 0. The molecule has 0 bridgehead atoms. The fourth-order valence-electron chi connectivity index (χ4n) is 5.28. The number of hydrogen-bond donors (Lipinski definition) is 0. The molecule has 40 heavy (non-hydrogen) atoms. The lowest BCUT2D eigenvalue weighted by atomic mass is 9.94. The molecule has 4 rings (SSSR count). The SMILES string of the molecule is COCCCN(CC(=O)N(Cc1cccn1Cc1ccc(F)cc1)C1CCCCC1)C(=O)C=Cc1ccccc1. The number of nitrogens with zero attached hydrogens (tertiary/aromatic N) is 3. The number of methoxy groups -OCH3 is 1. The number of halogens is 1. The summed E-state index contributed by atoms with van der Waals surface area (Å²) in [5.41, 5.74) is 2.95. The Morgan fingerprint density at radius 1 is 1.00 bits per heavy atom. The minimum absolute atomic E-state index is 0.0247. The third kappa shape index (κ3) is 8.65. The van der Waals surface area contributed by atoms with Gasteiger partial charge in [0.25, 0.3) is 0 Å². The van der Waals surface area contributed by atoms with Crippen LogP contribution in [0, 0.1) is 5.82 Å². The molecule has 0 atom stereocenters. The highest BCUT2D eigenvalue weighted by atomic mass is 19.1. The maximum absolute atomic E-state index is 13.9. The van der Waals surface area contributed by atoms with Gasteiger partial charge in [-0.2, -0.15) is 0 Å². The molecule has 7 heteroatoms. The van der Waals surface area contributed by atoms with Gasteiger partial charge in [-0.15, -0.1) is 0 Å². The Labute approximate surface area is 237 Å². The second-order valence-electron chi connectivity index (χ2n) is 10.4. The Hall–Kier alpha value is -3.71. The van der Waals surface area contributed by atoms with Crippen molar-refractivity contribution in [2.45, 2.75) is 57.7 Å². The molecule has 2 amide bonds. The third-order valence-corrected chi connectivity index (χ3v) is 7.49. The molecule has 1 saturated carbocycles. The van der Waals surface area contributed by atoms with E-state index in [-0.39, 0.29) is 30.2 Å². The van der Waals surface area contributed by atoms with E-state index >= 15 is 0 Å². The maximum atomic E-state index is 13.9. The molecule has 0 N–H and O–H groups in total. The Balaban J connectivity index is 1.51. The number of aromatic nitrogens is 1. The van der Waals surface area contributed by atoms with Gasteiger partial charge >= 0.3 is 0 Å². The van der Waals surface area contributed by atoms with Gasteiger partial charge in [-0.1, -0.05) is 61.7 Å². The molecule has 0 radical (unpaired) electrons. The van der Waals surface area contributed by atoms with Gasteiger partial charge in [0.05, 0.1) is 6.54 Å². The summed E-state index contributed by atoms with van der Waals surface area (Å²) in [7, 11) is 1.64. The first-order chi connectivity index (χ1) is 19.5. The van der Waals surface area contributed by atoms with Crippen molar-refractivity contribution in [2.75, 3.05) is 26.8 Å². The summed E-state index contributed by atoms with van der Waals surface area (Å²) in [5.74, 6) is -0.481. The van der Waals surface area contributed by atoms with Crippen LogP contribution in [0.15, 0.2) is 79.0 Å². The normalized spacial score (nSPS) is 13.9. The Kier molecular flexibility index (Phi) is 11.1. The number of hydrogen-bond acceptors (Lipinski definition) is 3. The second-order valence-corrected chi connectivity index (χ2v) is 10.4. The molecule has 0 saturated heterocycles. The van der Waals surface area contributed by atoms with Crippen LogP contribution in [-0.4, -0.2) is 59.0 Å². The highest BCUT2D eigenvalue weighted by molar-refractivity contribution is 5.94. The quantitative estimate of drug-likeness (QED) is 0.198. The zero-order chi connectivity index (χ0) is 28.2. The lowest BCUT2D eigenvalue weighted by Gasteiger charge is -2.36. The predicted octanol–water partition coefficient (Wildman–Crippen LogP) is 5.92. The molecule has 6 nitrogen and oxygen atoms in total. The van der Waals surface area contributed by atoms with E-state index in [2.05, 4.69) is 4.57 Å². The number of carbonyl (C=O) groups is 2. The van der Waals surface area contributed by atoms with Crippen LogP contribution >= 0.6 is 0 Å². The van der Waals surface area contributed by atoms with Gasteiger partial charge in [0.15, 0.2) is 0 Å². The molecule has 3 aromatic rings. The van der Waals surface area contributed by atoms with Crippen LogP contribution < -0.4 is 0 Å². The van der Waals surface area contributed by atoms with Gasteiger partial charge in [-0.25, -0.2) is 4.39 Å². The van der Waals surface area contributed by atoms with Crippen molar-refractivity contribution in [1.29, 1.82) is 0 Å². The van der Waals surface area contributed by atoms with Crippen LogP contribution in [0.2, 0.25) is 0 Å². The van der Waals surface area contributed by atoms with Crippen LogP contribution in [0.3, 0.4) is 0 Å². The summed E-state index contributed by atoms with van der Waals surface area (Å²) in [6.07, 6.45) is 11.3. The smallest absolute Gasteiger partial charge is 0.247 e. The van der Waals surface area contributed by atoms with Crippen molar-refractivity contribution >= 4 is 17.9 Å². The molecular weight excluding hydrogens is 505 g/mol. The van der Waals surface area contributed by atoms with Crippen molar-refractivity contribution in [3.63, 3.8) is 0 Å². The van der Waals surface area contributed by atoms with E-state index in [1.807, 2.05) is 53.6 Å². The van der Waals surface area contributed by atoms with Gasteiger partial charge in [-0.05, 0) is 60.7 Å². The summed E-state index contributed by atoms with van der Waals surface area (Å²) in [4.78, 5) is 30.8. The molecule has 2 aromatic carbocycles. The monoisotopic (exact) mass is 545 g/mol. The second kappa shape index (κ2) is 15.2. The Morgan fingerprint density at radius 3 is 2.48 bits per heavy atom. The van der Waals surface area contributed by atoms with E-state index < -0.39 is 0 Å². The average Bonchev–Trinajstić information content (AvgIpc) is 3.42. The molecule has 1 aromatic heterocycles. The van der Waals surface area contributed by atoms with Crippen molar-refractivity contribution in [2.24, 2.45) is 0 Å². The van der Waals surface area contributed by atoms with Crippen molar-refractivity contribution in [3.8, 4) is 0 Å². The summed E-state index contributed by atoms with van der Waals surface area (Å²) in [6.45, 7) is 2.05. The topological polar surface area (TPSA) is 54.8 Å². The highest BCUT2D eigenvalue weighted by Crippen LogP contribution is 2.25. The first-order valence-electron chi connectivity index (χ1n) is 14.2. The predicted molar refractivity (Wildman–Crippen MR) is 156 cm³/mol. The first-order valence-corrected chi connectivity index (χ1v) is 14.2. The Bertz CT molecular complexity index is 1230. The van der Waals surface area contributed by atoms with Crippen LogP contribution in [-0.2, 0) is 27.4 Å². The zero-order valence-corrected chi connectivity index (χ0v) is 23.4. The van der Waals surface area contributed by atoms with Gasteiger partial charge < -0.3 is 19.1 Å². The number of ether oxygens (including phenoxy) is 1. The molecule has 0 spiro atoms. The number of carbonyl (C=O) groups excluding carboxylic acids is 2. The van der Waals surface area contributed by atoms with Crippen LogP contribution in [0.1, 0.15) is 55.3 Å². The van der Waals surface area contributed by atoms with Crippen molar-refractivity contribution in [3.05, 3.63) is 102 Å². The average molecular weight is 546 g/mol.